The SMILES string of the molecule is CCOC(=O)C[C@@H](C)[C@@H](NC(=O)c1cccc(F)c1)C(N)=O. The number of carbonyl (C=O) groups is 3. The van der Waals surface area contributed by atoms with Gasteiger partial charge in [-0.05, 0) is 31.0 Å². The molecule has 0 aliphatic heterocycles. The Morgan fingerprint density at radius 2 is 2.05 bits per heavy atom. The van der Waals surface area contributed by atoms with Gasteiger partial charge in [0.1, 0.15) is 11.9 Å². The number of nitrogens with one attached hydrogen (secondary N) is 1. The van der Waals surface area contributed by atoms with Crippen LogP contribution in [-0.4, -0.2) is 30.4 Å². The number of nitrogens with two attached hydrogens (primary N) is 1. The van der Waals surface area contributed by atoms with Crippen molar-refractivity contribution < 1.29 is 23.5 Å². The smallest absolute Gasteiger partial charge is 0.306 e. The first-order chi connectivity index (χ1) is 10.3. The molecule has 0 fully saturated rings. The Hall–Kier alpha value is -2.44. The van der Waals surface area contributed by atoms with Crippen molar-refractivity contribution in [2.24, 2.45) is 11.7 Å². The van der Waals surface area contributed by atoms with Crippen LogP contribution in [0.25, 0.3) is 0 Å². The fraction of sp³-hybridized carbons (Fsp3) is 0.400. The lowest BCUT2D eigenvalue weighted by Gasteiger charge is -2.21. The monoisotopic (exact) mass is 310 g/mol. The van der Waals surface area contributed by atoms with E-state index in [1.807, 2.05) is 0 Å². The number of benzene rings is 1. The van der Waals surface area contributed by atoms with E-state index in [-0.39, 0.29) is 18.6 Å². The Kier molecular flexibility index (Phi) is 6.49. The predicted molar refractivity (Wildman–Crippen MR) is 77.3 cm³/mol. The lowest BCUT2D eigenvalue weighted by molar-refractivity contribution is -0.144. The van der Waals surface area contributed by atoms with Crippen LogP contribution in [0.2, 0.25) is 0 Å². The van der Waals surface area contributed by atoms with Crippen LogP contribution >= 0.6 is 0 Å². The molecule has 0 aromatic heterocycles. The van der Waals surface area contributed by atoms with Crippen LogP contribution in [0.4, 0.5) is 4.39 Å². The number of halogens is 1. The maximum atomic E-state index is 13.1. The molecule has 0 bridgehead atoms. The topological polar surface area (TPSA) is 98.5 Å². The van der Waals surface area contributed by atoms with Crippen molar-refractivity contribution >= 4 is 17.8 Å². The average molecular weight is 310 g/mol. The summed E-state index contributed by atoms with van der Waals surface area (Å²) in [5, 5.41) is 2.42. The second kappa shape index (κ2) is 8.11. The normalized spacial score (nSPS) is 13.0. The van der Waals surface area contributed by atoms with Gasteiger partial charge < -0.3 is 15.8 Å². The number of amides is 2. The van der Waals surface area contributed by atoms with Crippen molar-refractivity contribution in [2.45, 2.75) is 26.3 Å². The number of rotatable bonds is 7. The first kappa shape index (κ1) is 17.6. The molecule has 1 aromatic rings. The first-order valence-electron chi connectivity index (χ1n) is 6.86. The van der Waals surface area contributed by atoms with Gasteiger partial charge in [-0.3, -0.25) is 14.4 Å². The zero-order valence-corrected chi connectivity index (χ0v) is 12.5. The van der Waals surface area contributed by atoms with Crippen LogP contribution in [0, 0.1) is 11.7 Å². The molecule has 22 heavy (non-hydrogen) atoms. The van der Waals surface area contributed by atoms with E-state index in [2.05, 4.69) is 5.32 Å². The summed E-state index contributed by atoms with van der Waals surface area (Å²) in [6.07, 6.45) is -0.0646. The summed E-state index contributed by atoms with van der Waals surface area (Å²) in [5.41, 5.74) is 5.33. The van der Waals surface area contributed by atoms with E-state index in [9.17, 15) is 18.8 Å². The summed E-state index contributed by atoms with van der Waals surface area (Å²) < 4.78 is 17.9. The third-order valence-electron chi connectivity index (χ3n) is 3.04. The van der Waals surface area contributed by atoms with Gasteiger partial charge in [-0.1, -0.05) is 13.0 Å². The quantitative estimate of drug-likeness (QED) is 0.734. The summed E-state index contributed by atoms with van der Waals surface area (Å²) in [6.45, 7) is 3.49. The van der Waals surface area contributed by atoms with Crippen LogP contribution < -0.4 is 11.1 Å². The molecule has 0 saturated heterocycles. The number of ether oxygens (including phenoxy) is 1. The molecule has 0 aliphatic carbocycles. The maximum absolute atomic E-state index is 13.1. The molecule has 2 amide bonds. The Balaban J connectivity index is 2.77. The number of hydrogen-bond acceptors (Lipinski definition) is 4. The van der Waals surface area contributed by atoms with E-state index in [4.69, 9.17) is 10.5 Å². The number of hydrogen-bond donors (Lipinski definition) is 2. The summed E-state index contributed by atoms with van der Waals surface area (Å²) in [4.78, 5) is 35.0. The molecule has 0 radical (unpaired) electrons. The molecular formula is C15H19FN2O4. The maximum Gasteiger partial charge on any atom is 0.306 e. The highest BCUT2D eigenvalue weighted by Crippen LogP contribution is 2.11. The van der Waals surface area contributed by atoms with Crippen molar-refractivity contribution in [3.8, 4) is 0 Å². The van der Waals surface area contributed by atoms with Gasteiger partial charge in [0.05, 0.1) is 13.0 Å². The number of carbonyl (C=O) groups excluding carboxylic acids is 3. The van der Waals surface area contributed by atoms with Gasteiger partial charge >= 0.3 is 5.97 Å². The summed E-state index contributed by atoms with van der Waals surface area (Å²) in [7, 11) is 0. The highest BCUT2D eigenvalue weighted by molar-refractivity contribution is 5.97. The highest BCUT2D eigenvalue weighted by Gasteiger charge is 2.27. The van der Waals surface area contributed by atoms with Crippen molar-refractivity contribution in [3.63, 3.8) is 0 Å². The van der Waals surface area contributed by atoms with Gasteiger partial charge in [0.15, 0.2) is 0 Å². The second-order valence-corrected chi connectivity index (χ2v) is 4.85. The van der Waals surface area contributed by atoms with Crippen molar-refractivity contribution in [1.82, 2.24) is 5.32 Å². The second-order valence-electron chi connectivity index (χ2n) is 4.85. The van der Waals surface area contributed by atoms with E-state index in [1.54, 1.807) is 13.8 Å². The lowest BCUT2D eigenvalue weighted by atomic mass is 9.97. The molecular weight excluding hydrogens is 291 g/mol. The average Bonchev–Trinajstić information content (AvgIpc) is 2.44. The van der Waals surface area contributed by atoms with E-state index in [0.29, 0.717) is 0 Å². The molecule has 6 nitrogen and oxygen atoms in total. The fourth-order valence-corrected chi connectivity index (χ4v) is 1.95. The van der Waals surface area contributed by atoms with E-state index in [1.165, 1.54) is 18.2 Å². The minimum atomic E-state index is -1.06. The molecule has 3 N–H and O–H groups in total. The van der Waals surface area contributed by atoms with E-state index >= 15 is 0 Å². The minimum absolute atomic E-state index is 0.0644. The van der Waals surface area contributed by atoms with Gasteiger partial charge in [0, 0.05) is 5.56 Å². The number of esters is 1. The summed E-state index contributed by atoms with van der Waals surface area (Å²) in [5.74, 6) is -3.02. The Labute approximate surface area is 127 Å². The zero-order valence-electron chi connectivity index (χ0n) is 12.5. The molecule has 1 rings (SSSR count). The lowest BCUT2D eigenvalue weighted by Crippen LogP contribution is -2.49. The van der Waals surface area contributed by atoms with Gasteiger partial charge in [-0.2, -0.15) is 0 Å². The van der Waals surface area contributed by atoms with Gasteiger partial charge in [-0.15, -0.1) is 0 Å². The Morgan fingerprint density at radius 3 is 2.59 bits per heavy atom. The zero-order chi connectivity index (χ0) is 16.7. The molecule has 0 unspecified atom stereocenters. The molecule has 1 aromatic carbocycles. The fourth-order valence-electron chi connectivity index (χ4n) is 1.95. The summed E-state index contributed by atoms with van der Waals surface area (Å²) in [6, 6.07) is 3.98. The van der Waals surface area contributed by atoms with E-state index in [0.717, 1.165) is 6.07 Å². The Morgan fingerprint density at radius 1 is 1.36 bits per heavy atom. The number of primary amides is 1. The largest absolute Gasteiger partial charge is 0.466 e. The van der Waals surface area contributed by atoms with Crippen LogP contribution in [0.1, 0.15) is 30.6 Å². The molecule has 2 atom stereocenters. The van der Waals surface area contributed by atoms with Gasteiger partial charge in [0.25, 0.3) is 5.91 Å². The first-order valence-corrected chi connectivity index (χ1v) is 6.86. The Bertz CT molecular complexity index is 562. The van der Waals surface area contributed by atoms with Crippen molar-refractivity contribution in [1.29, 1.82) is 0 Å². The molecule has 0 heterocycles. The molecule has 0 aliphatic rings. The molecule has 0 spiro atoms. The van der Waals surface area contributed by atoms with Gasteiger partial charge in [-0.25, -0.2) is 4.39 Å². The van der Waals surface area contributed by atoms with Crippen LogP contribution in [0.3, 0.4) is 0 Å². The minimum Gasteiger partial charge on any atom is -0.466 e. The van der Waals surface area contributed by atoms with Crippen LogP contribution in [-0.2, 0) is 14.3 Å². The van der Waals surface area contributed by atoms with E-state index < -0.39 is 35.6 Å². The predicted octanol–water partition coefficient (Wildman–Crippen LogP) is 0.999. The van der Waals surface area contributed by atoms with Crippen LogP contribution in [0.5, 0.6) is 0 Å². The van der Waals surface area contributed by atoms with Crippen molar-refractivity contribution in [3.05, 3.63) is 35.6 Å². The standard InChI is InChI=1S/C15H19FN2O4/c1-3-22-12(19)7-9(2)13(14(17)20)18-15(21)10-5-4-6-11(16)8-10/h4-6,8-9,13H,3,7H2,1-2H3,(H2,17,20)(H,18,21)/t9-,13-/m1/s1. The summed E-state index contributed by atoms with van der Waals surface area (Å²) >= 11 is 0. The van der Waals surface area contributed by atoms with Gasteiger partial charge in [0.2, 0.25) is 5.91 Å². The van der Waals surface area contributed by atoms with Crippen molar-refractivity contribution in [2.75, 3.05) is 6.61 Å². The highest BCUT2D eigenvalue weighted by atomic mass is 19.1. The molecule has 120 valence electrons. The molecule has 0 saturated carbocycles. The van der Waals surface area contributed by atoms with Crippen LogP contribution in [0.15, 0.2) is 24.3 Å². The third-order valence-corrected chi connectivity index (χ3v) is 3.04. The molecule has 7 heteroatoms. The third kappa shape index (κ3) is 5.16.